The van der Waals surface area contributed by atoms with Crippen LogP contribution in [0.5, 0.6) is 5.75 Å². The molecule has 0 atom stereocenters. The van der Waals surface area contributed by atoms with Crippen molar-refractivity contribution in [1.82, 2.24) is 4.31 Å². The molecular weight excluding hydrogens is 433 g/mol. The molecule has 0 aromatic heterocycles. The van der Waals surface area contributed by atoms with Crippen LogP contribution >= 0.6 is 0 Å². The summed E-state index contributed by atoms with van der Waals surface area (Å²) in [4.78, 5) is 12.2. The predicted molar refractivity (Wildman–Crippen MR) is 109 cm³/mol. The van der Waals surface area contributed by atoms with Gasteiger partial charge in [0, 0.05) is 30.8 Å². The maximum Gasteiger partial charge on any atom is 0.416 e. The monoisotopic (exact) mass is 456 g/mol. The number of anilines is 1. The van der Waals surface area contributed by atoms with E-state index in [1.54, 1.807) is 24.3 Å². The first-order chi connectivity index (χ1) is 14.6. The molecule has 3 rings (SSSR count). The number of hydrogen-bond donors (Lipinski definition) is 1. The van der Waals surface area contributed by atoms with Crippen LogP contribution in [0.15, 0.2) is 53.4 Å². The largest absolute Gasteiger partial charge is 0.494 e. The highest BCUT2D eigenvalue weighted by atomic mass is 32.2. The molecule has 1 aliphatic heterocycles. The van der Waals surface area contributed by atoms with Crippen molar-refractivity contribution in [2.24, 2.45) is 5.92 Å². The Balaban J connectivity index is 1.63. The van der Waals surface area contributed by atoms with Crippen molar-refractivity contribution in [3.8, 4) is 5.75 Å². The van der Waals surface area contributed by atoms with Crippen LogP contribution in [0.4, 0.5) is 18.9 Å². The van der Waals surface area contributed by atoms with Crippen LogP contribution in [0, 0.1) is 5.92 Å². The molecule has 0 spiro atoms. The van der Waals surface area contributed by atoms with Gasteiger partial charge >= 0.3 is 6.18 Å². The van der Waals surface area contributed by atoms with Gasteiger partial charge in [0.25, 0.3) is 0 Å². The minimum absolute atomic E-state index is 0.0512. The van der Waals surface area contributed by atoms with Gasteiger partial charge in [0.2, 0.25) is 15.9 Å². The van der Waals surface area contributed by atoms with Gasteiger partial charge in [0.1, 0.15) is 5.75 Å². The van der Waals surface area contributed by atoms with E-state index in [0.717, 1.165) is 22.5 Å². The predicted octanol–water partition coefficient (Wildman–Crippen LogP) is 4.14. The van der Waals surface area contributed by atoms with Crippen molar-refractivity contribution < 1.29 is 31.1 Å². The highest BCUT2D eigenvalue weighted by Crippen LogP contribution is 2.32. The number of hydrogen-bond acceptors (Lipinski definition) is 4. The van der Waals surface area contributed by atoms with Gasteiger partial charge in [-0.3, -0.25) is 4.79 Å². The van der Waals surface area contributed by atoms with Crippen LogP contribution in [0.1, 0.15) is 25.3 Å². The molecule has 0 unspecified atom stereocenters. The van der Waals surface area contributed by atoms with E-state index >= 15 is 0 Å². The molecule has 31 heavy (non-hydrogen) atoms. The number of nitrogens with zero attached hydrogens (tertiary/aromatic N) is 1. The van der Waals surface area contributed by atoms with Gasteiger partial charge in [-0.2, -0.15) is 17.5 Å². The minimum Gasteiger partial charge on any atom is -0.494 e. The number of piperidine rings is 1. The number of halogens is 3. The van der Waals surface area contributed by atoms with Crippen LogP contribution in [0.3, 0.4) is 0 Å². The molecule has 0 bridgehead atoms. The number of alkyl halides is 3. The topological polar surface area (TPSA) is 75.7 Å². The standard InChI is InChI=1S/C21H23F3N2O4S/c1-2-30-18-7-4-6-17(14-18)25-20(27)15-9-11-26(12-10-15)31(28,29)19-8-3-5-16(13-19)21(22,23)24/h3-8,13-15H,2,9-12H2,1H3,(H,25,27). The lowest BCUT2D eigenvalue weighted by atomic mass is 9.97. The Morgan fingerprint density at radius 3 is 2.45 bits per heavy atom. The molecule has 0 radical (unpaired) electrons. The summed E-state index contributed by atoms with van der Waals surface area (Å²) < 4.78 is 70.9. The second kappa shape index (κ2) is 9.27. The summed E-state index contributed by atoms with van der Waals surface area (Å²) in [7, 11) is -4.08. The van der Waals surface area contributed by atoms with E-state index in [0.29, 0.717) is 24.1 Å². The lowest BCUT2D eigenvalue weighted by molar-refractivity contribution is -0.137. The average Bonchev–Trinajstić information content (AvgIpc) is 2.74. The van der Waals surface area contributed by atoms with Crippen LogP contribution in [-0.2, 0) is 21.0 Å². The van der Waals surface area contributed by atoms with E-state index in [2.05, 4.69) is 5.32 Å². The molecule has 0 aliphatic carbocycles. The lowest BCUT2D eigenvalue weighted by Crippen LogP contribution is -2.41. The molecule has 10 heteroatoms. The molecule has 6 nitrogen and oxygen atoms in total. The van der Waals surface area contributed by atoms with E-state index in [4.69, 9.17) is 4.74 Å². The Kier molecular flexibility index (Phi) is 6.90. The summed E-state index contributed by atoms with van der Waals surface area (Å²) in [5.74, 6) is -0.00391. The summed E-state index contributed by atoms with van der Waals surface area (Å²) in [6.45, 7) is 2.45. The van der Waals surface area contributed by atoms with Gasteiger partial charge in [0.15, 0.2) is 0 Å². The van der Waals surface area contributed by atoms with Gasteiger partial charge in [-0.15, -0.1) is 0 Å². The van der Waals surface area contributed by atoms with Crippen molar-refractivity contribution >= 4 is 21.6 Å². The Labute approximate surface area is 179 Å². The third-order valence-electron chi connectivity index (χ3n) is 5.04. The molecule has 1 saturated heterocycles. The molecule has 1 amide bonds. The van der Waals surface area contributed by atoms with Crippen molar-refractivity contribution in [3.63, 3.8) is 0 Å². The summed E-state index contributed by atoms with van der Waals surface area (Å²) in [6.07, 6.45) is -4.08. The molecule has 1 N–H and O–H groups in total. The molecule has 2 aromatic carbocycles. The molecular formula is C21H23F3N2O4S. The number of ether oxygens (including phenoxy) is 1. The first-order valence-corrected chi connectivity index (χ1v) is 11.3. The fourth-order valence-corrected chi connectivity index (χ4v) is 4.93. The fourth-order valence-electron chi connectivity index (χ4n) is 3.41. The zero-order valence-electron chi connectivity index (χ0n) is 16.9. The maximum atomic E-state index is 12.9. The smallest absolute Gasteiger partial charge is 0.416 e. The zero-order valence-corrected chi connectivity index (χ0v) is 17.7. The van der Waals surface area contributed by atoms with Crippen LogP contribution in [-0.4, -0.2) is 38.3 Å². The second-order valence-corrected chi connectivity index (χ2v) is 9.09. The molecule has 1 aliphatic rings. The molecule has 168 valence electrons. The third kappa shape index (κ3) is 5.56. The van der Waals surface area contributed by atoms with Gasteiger partial charge in [-0.25, -0.2) is 8.42 Å². The van der Waals surface area contributed by atoms with Gasteiger partial charge in [-0.05, 0) is 50.1 Å². The normalized spacial score (nSPS) is 16.1. The van der Waals surface area contributed by atoms with E-state index in [-0.39, 0.29) is 31.8 Å². The van der Waals surface area contributed by atoms with Crippen molar-refractivity contribution in [2.75, 3.05) is 25.0 Å². The molecule has 2 aromatic rings. The van der Waals surface area contributed by atoms with E-state index in [1.165, 1.54) is 0 Å². The molecule has 0 saturated carbocycles. The van der Waals surface area contributed by atoms with Crippen molar-refractivity contribution in [3.05, 3.63) is 54.1 Å². The van der Waals surface area contributed by atoms with E-state index < -0.39 is 32.6 Å². The molecule has 1 fully saturated rings. The number of amides is 1. The average molecular weight is 456 g/mol. The molecule has 1 heterocycles. The Morgan fingerprint density at radius 1 is 1.13 bits per heavy atom. The summed E-state index contributed by atoms with van der Waals surface area (Å²) >= 11 is 0. The number of rotatable bonds is 6. The lowest BCUT2D eigenvalue weighted by Gasteiger charge is -2.30. The first kappa shape index (κ1) is 23.1. The van der Waals surface area contributed by atoms with Crippen molar-refractivity contribution in [2.45, 2.75) is 30.8 Å². The summed E-state index contributed by atoms with van der Waals surface area (Å²) in [5.41, 5.74) is -0.438. The number of nitrogens with one attached hydrogen (secondary N) is 1. The SMILES string of the molecule is CCOc1cccc(NC(=O)C2CCN(S(=O)(=O)c3cccc(C(F)(F)F)c3)CC2)c1. The Hall–Kier alpha value is -2.59. The van der Waals surface area contributed by atoms with E-state index in [9.17, 15) is 26.4 Å². The Morgan fingerprint density at radius 2 is 1.81 bits per heavy atom. The number of benzene rings is 2. The highest BCUT2D eigenvalue weighted by molar-refractivity contribution is 7.89. The van der Waals surface area contributed by atoms with Crippen LogP contribution in [0.2, 0.25) is 0 Å². The van der Waals surface area contributed by atoms with Crippen LogP contribution in [0.25, 0.3) is 0 Å². The van der Waals surface area contributed by atoms with Gasteiger partial charge in [-0.1, -0.05) is 12.1 Å². The zero-order chi connectivity index (χ0) is 22.6. The first-order valence-electron chi connectivity index (χ1n) is 9.82. The maximum absolute atomic E-state index is 12.9. The Bertz CT molecular complexity index is 1030. The van der Waals surface area contributed by atoms with Gasteiger partial charge < -0.3 is 10.1 Å². The fraction of sp³-hybridized carbons (Fsp3) is 0.381. The van der Waals surface area contributed by atoms with E-state index in [1.807, 2.05) is 6.92 Å². The van der Waals surface area contributed by atoms with Gasteiger partial charge in [0.05, 0.1) is 17.1 Å². The number of carbonyl (C=O) groups excluding carboxylic acids is 1. The third-order valence-corrected chi connectivity index (χ3v) is 6.93. The summed E-state index contributed by atoms with van der Waals surface area (Å²) in [6, 6.07) is 10.7. The number of carbonyl (C=O) groups is 1. The van der Waals surface area contributed by atoms with Crippen molar-refractivity contribution in [1.29, 1.82) is 0 Å². The quantitative estimate of drug-likeness (QED) is 0.709. The summed E-state index contributed by atoms with van der Waals surface area (Å²) in [5, 5.41) is 2.81. The second-order valence-electron chi connectivity index (χ2n) is 7.15. The number of sulfonamides is 1. The highest BCUT2D eigenvalue weighted by Gasteiger charge is 2.35. The minimum atomic E-state index is -4.63. The van der Waals surface area contributed by atoms with Crippen LogP contribution < -0.4 is 10.1 Å².